The molecule has 1 rings (SSSR count). The van der Waals surface area contributed by atoms with Crippen molar-refractivity contribution < 1.29 is 0 Å². The number of hydrogen-bond acceptors (Lipinski definition) is 0. The zero-order chi connectivity index (χ0) is 13.2. The molecule has 0 aliphatic rings. The second kappa shape index (κ2) is 5.39. The van der Waals surface area contributed by atoms with E-state index in [1.807, 2.05) is 0 Å². The van der Waals surface area contributed by atoms with E-state index in [4.69, 9.17) is 0 Å². The van der Waals surface area contributed by atoms with Crippen LogP contribution < -0.4 is 5.19 Å². The van der Waals surface area contributed by atoms with Gasteiger partial charge >= 0.3 is 0 Å². The van der Waals surface area contributed by atoms with Gasteiger partial charge < -0.3 is 0 Å². The third-order valence-electron chi connectivity index (χ3n) is 4.42. The van der Waals surface area contributed by atoms with Gasteiger partial charge in [0.15, 0.2) is 0 Å². The molecule has 0 nitrogen and oxygen atoms in total. The molecule has 96 valence electrons. The molecular formula is C16H28Si. The lowest BCUT2D eigenvalue weighted by Crippen LogP contribution is -2.55. The van der Waals surface area contributed by atoms with E-state index < -0.39 is 8.07 Å². The van der Waals surface area contributed by atoms with Crippen molar-refractivity contribution in [3.63, 3.8) is 0 Å². The average Bonchev–Trinajstić information content (AvgIpc) is 2.20. The lowest BCUT2D eigenvalue weighted by atomic mass is 10.2. The fraction of sp³-hybridized carbons (Fsp3) is 0.625. The number of hydrogen-bond donors (Lipinski definition) is 0. The van der Waals surface area contributed by atoms with Gasteiger partial charge in [-0.3, -0.25) is 0 Å². The van der Waals surface area contributed by atoms with Gasteiger partial charge in [0.05, 0.1) is 8.07 Å². The smallest absolute Gasteiger partial charge is 0.0648 e. The molecule has 0 bridgehead atoms. The monoisotopic (exact) mass is 248 g/mol. The first-order valence-corrected chi connectivity index (χ1v) is 9.13. The summed E-state index contributed by atoms with van der Waals surface area (Å²) >= 11 is 0. The van der Waals surface area contributed by atoms with Gasteiger partial charge in [0, 0.05) is 0 Å². The van der Waals surface area contributed by atoms with Crippen LogP contribution in [-0.4, -0.2) is 8.07 Å². The SMILES string of the molecule is Cc1ccc([Si](C(C)C)(C(C)C)C(C)C)cc1. The van der Waals surface area contributed by atoms with E-state index in [0.29, 0.717) is 0 Å². The summed E-state index contributed by atoms with van der Waals surface area (Å²) in [6.45, 7) is 16.7. The molecule has 1 heteroatoms. The summed E-state index contributed by atoms with van der Waals surface area (Å²) in [7, 11) is -1.43. The van der Waals surface area contributed by atoms with E-state index >= 15 is 0 Å². The van der Waals surface area contributed by atoms with Gasteiger partial charge in [-0.2, -0.15) is 0 Å². The van der Waals surface area contributed by atoms with Crippen LogP contribution in [0.4, 0.5) is 0 Å². The molecule has 0 aliphatic heterocycles. The predicted octanol–water partition coefficient (Wildman–Crippen LogP) is 4.88. The molecule has 0 aromatic heterocycles. The maximum Gasteiger partial charge on any atom is 0.0942 e. The van der Waals surface area contributed by atoms with Gasteiger partial charge in [-0.05, 0) is 23.5 Å². The summed E-state index contributed by atoms with van der Waals surface area (Å²) in [6, 6.07) is 9.34. The van der Waals surface area contributed by atoms with Crippen molar-refractivity contribution in [1.82, 2.24) is 0 Å². The molecule has 0 heterocycles. The highest BCUT2D eigenvalue weighted by Gasteiger charge is 2.43. The van der Waals surface area contributed by atoms with Gasteiger partial charge in [0.1, 0.15) is 0 Å². The van der Waals surface area contributed by atoms with Crippen LogP contribution in [0.15, 0.2) is 24.3 Å². The van der Waals surface area contributed by atoms with E-state index in [9.17, 15) is 0 Å². The van der Waals surface area contributed by atoms with Crippen LogP contribution in [0.1, 0.15) is 47.1 Å². The second-order valence-electron chi connectivity index (χ2n) is 6.26. The van der Waals surface area contributed by atoms with Crippen molar-refractivity contribution in [1.29, 1.82) is 0 Å². The first kappa shape index (κ1) is 14.5. The quantitative estimate of drug-likeness (QED) is 0.666. The first-order valence-electron chi connectivity index (χ1n) is 6.90. The molecule has 0 amide bonds. The third kappa shape index (κ3) is 2.49. The lowest BCUT2D eigenvalue weighted by molar-refractivity contribution is 0.835. The van der Waals surface area contributed by atoms with Gasteiger partial charge in [-0.1, -0.05) is 76.6 Å². The maximum atomic E-state index is 2.42. The van der Waals surface area contributed by atoms with E-state index in [-0.39, 0.29) is 0 Å². The summed E-state index contributed by atoms with van der Waals surface area (Å²) in [5.41, 5.74) is 3.76. The van der Waals surface area contributed by atoms with Crippen LogP contribution in [0.25, 0.3) is 0 Å². The topological polar surface area (TPSA) is 0 Å². The Labute approximate surface area is 108 Å². The highest BCUT2D eigenvalue weighted by molar-refractivity contribution is 6.95. The largest absolute Gasteiger partial charge is 0.0942 e. The second-order valence-corrected chi connectivity index (χ2v) is 12.2. The Morgan fingerprint density at radius 3 is 1.35 bits per heavy atom. The lowest BCUT2D eigenvalue weighted by Gasteiger charge is -2.43. The van der Waals surface area contributed by atoms with Gasteiger partial charge in [0.25, 0.3) is 0 Å². The Kier molecular flexibility index (Phi) is 4.59. The zero-order valence-corrected chi connectivity index (χ0v) is 13.5. The van der Waals surface area contributed by atoms with Gasteiger partial charge in [-0.25, -0.2) is 0 Å². The molecule has 0 atom stereocenters. The van der Waals surface area contributed by atoms with Crippen molar-refractivity contribution >= 4 is 13.3 Å². The van der Waals surface area contributed by atoms with E-state index in [2.05, 4.69) is 72.7 Å². The van der Waals surface area contributed by atoms with Crippen molar-refractivity contribution in [3.8, 4) is 0 Å². The Bertz CT molecular complexity index is 325. The highest BCUT2D eigenvalue weighted by atomic mass is 28.3. The molecule has 0 spiro atoms. The van der Waals surface area contributed by atoms with Crippen LogP contribution in [0, 0.1) is 6.92 Å². The van der Waals surface area contributed by atoms with Crippen LogP contribution in [-0.2, 0) is 0 Å². The van der Waals surface area contributed by atoms with Crippen molar-refractivity contribution in [2.45, 2.75) is 65.1 Å². The fourth-order valence-electron chi connectivity index (χ4n) is 3.84. The van der Waals surface area contributed by atoms with Crippen molar-refractivity contribution in [2.24, 2.45) is 0 Å². The minimum Gasteiger partial charge on any atom is -0.0648 e. The van der Waals surface area contributed by atoms with E-state index in [0.717, 1.165) is 16.6 Å². The Morgan fingerprint density at radius 2 is 1.06 bits per heavy atom. The summed E-state index contributed by atoms with van der Waals surface area (Å²) in [5, 5.41) is 1.64. The van der Waals surface area contributed by atoms with Crippen LogP contribution in [0.2, 0.25) is 16.6 Å². The number of rotatable bonds is 4. The molecule has 1 aromatic carbocycles. The normalized spacial score (nSPS) is 12.8. The zero-order valence-electron chi connectivity index (χ0n) is 12.5. The van der Waals surface area contributed by atoms with Crippen molar-refractivity contribution in [2.75, 3.05) is 0 Å². The van der Waals surface area contributed by atoms with Crippen molar-refractivity contribution in [3.05, 3.63) is 29.8 Å². The molecule has 1 aromatic rings. The maximum absolute atomic E-state index is 2.42. The molecule has 0 N–H and O–H groups in total. The number of benzene rings is 1. The fourth-order valence-corrected chi connectivity index (χ4v) is 10.6. The van der Waals surface area contributed by atoms with Crippen LogP contribution >= 0.6 is 0 Å². The summed E-state index contributed by atoms with van der Waals surface area (Å²) in [6.07, 6.45) is 0. The van der Waals surface area contributed by atoms with Crippen LogP contribution in [0.3, 0.4) is 0 Å². The molecule has 0 aliphatic carbocycles. The molecule has 0 radical (unpaired) electrons. The molecular weight excluding hydrogens is 220 g/mol. The third-order valence-corrected chi connectivity index (χ3v) is 11.5. The average molecular weight is 248 g/mol. The number of aryl methyl sites for hydroxylation is 1. The standard InChI is InChI=1S/C16H28Si/c1-12(2)17(13(3)4,14(5)6)16-10-8-15(7)9-11-16/h8-14H,1-7H3. The van der Waals surface area contributed by atoms with Gasteiger partial charge in [0.2, 0.25) is 0 Å². The minimum atomic E-state index is -1.43. The summed E-state index contributed by atoms with van der Waals surface area (Å²) in [4.78, 5) is 0. The summed E-state index contributed by atoms with van der Waals surface area (Å²) < 4.78 is 0. The highest BCUT2D eigenvalue weighted by Crippen LogP contribution is 2.40. The Balaban J connectivity index is 3.36. The van der Waals surface area contributed by atoms with Gasteiger partial charge in [-0.15, -0.1) is 0 Å². The predicted molar refractivity (Wildman–Crippen MR) is 81.9 cm³/mol. The molecule has 0 fully saturated rings. The minimum absolute atomic E-state index is 0.796. The Morgan fingerprint density at radius 1 is 0.706 bits per heavy atom. The van der Waals surface area contributed by atoms with E-state index in [1.54, 1.807) is 5.19 Å². The molecule has 17 heavy (non-hydrogen) atoms. The molecule has 0 unspecified atom stereocenters. The molecule has 0 saturated heterocycles. The van der Waals surface area contributed by atoms with E-state index in [1.165, 1.54) is 5.56 Å². The summed E-state index contributed by atoms with van der Waals surface area (Å²) in [5.74, 6) is 0. The Hall–Kier alpha value is -0.563. The van der Waals surface area contributed by atoms with Crippen LogP contribution in [0.5, 0.6) is 0 Å². The molecule has 0 saturated carbocycles. The first-order chi connectivity index (χ1) is 7.83.